The van der Waals surface area contributed by atoms with E-state index in [2.05, 4.69) is 41.2 Å². The number of hydrogen-bond acceptors (Lipinski definition) is 3. The third-order valence-corrected chi connectivity index (χ3v) is 3.20. The summed E-state index contributed by atoms with van der Waals surface area (Å²) < 4.78 is 6.76. The molecule has 1 aromatic rings. The van der Waals surface area contributed by atoms with Gasteiger partial charge in [-0.1, -0.05) is 32.9 Å². The fraction of sp³-hybridized carbons (Fsp3) is 0.571. The van der Waals surface area contributed by atoms with E-state index < -0.39 is 0 Å². The second-order valence-electron chi connectivity index (χ2n) is 4.86. The topological polar surface area (TPSA) is 41.5 Å². The monoisotopic (exact) mass is 315 g/mol. The minimum Gasteiger partial charge on any atom is -0.492 e. The van der Waals surface area contributed by atoms with Gasteiger partial charge in [0.15, 0.2) is 0 Å². The van der Waals surface area contributed by atoms with Gasteiger partial charge in [0.05, 0.1) is 11.1 Å². The minimum absolute atomic E-state index is 0.142. The van der Waals surface area contributed by atoms with Crippen LogP contribution in [0.25, 0.3) is 0 Å². The van der Waals surface area contributed by atoms with E-state index in [1.54, 1.807) is 0 Å². The van der Waals surface area contributed by atoms with Crippen molar-refractivity contribution >= 4 is 15.9 Å². The summed E-state index contributed by atoms with van der Waals surface area (Å²) in [5.74, 6) is 1.01. The van der Waals surface area contributed by atoms with Crippen molar-refractivity contribution in [2.24, 2.45) is 5.92 Å². The molecule has 0 heterocycles. The predicted octanol–water partition coefficient (Wildman–Crippen LogP) is 2.95. The molecule has 0 radical (unpaired) electrons. The highest BCUT2D eigenvalue weighted by molar-refractivity contribution is 9.10. The van der Waals surface area contributed by atoms with Crippen LogP contribution < -0.4 is 10.1 Å². The summed E-state index contributed by atoms with van der Waals surface area (Å²) >= 11 is 3.51. The molecule has 0 saturated carbocycles. The van der Waals surface area contributed by atoms with Crippen LogP contribution in [0.4, 0.5) is 0 Å². The van der Waals surface area contributed by atoms with E-state index in [1.165, 1.54) is 0 Å². The standard InChI is InChI=1S/C14H22BrNO2/c1-10(2)16-7-12-5-4-6-13(15)14(12)18-9-11(3)8-17/h4-6,10-11,16-17H,7-9H2,1-3H3. The lowest BCUT2D eigenvalue weighted by Gasteiger charge is -2.17. The van der Waals surface area contributed by atoms with Gasteiger partial charge in [0.25, 0.3) is 0 Å². The molecule has 1 rings (SSSR count). The predicted molar refractivity (Wildman–Crippen MR) is 77.9 cm³/mol. The van der Waals surface area contributed by atoms with Gasteiger partial charge in [0, 0.05) is 30.7 Å². The number of ether oxygens (including phenoxy) is 1. The fourth-order valence-corrected chi connectivity index (χ4v) is 1.97. The van der Waals surface area contributed by atoms with Crippen LogP contribution in [0.3, 0.4) is 0 Å². The molecular formula is C14H22BrNO2. The number of para-hydroxylation sites is 1. The van der Waals surface area contributed by atoms with Crippen LogP contribution in [-0.4, -0.2) is 24.4 Å². The Labute approximate surface area is 118 Å². The number of halogens is 1. The molecule has 0 fully saturated rings. The molecule has 0 aliphatic carbocycles. The van der Waals surface area contributed by atoms with Gasteiger partial charge >= 0.3 is 0 Å². The highest BCUT2D eigenvalue weighted by Gasteiger charge is 2.10. The largest absolute Gasteiger partial charge is 0.492 e. The lowest BCUT2D eigenvalue weighted by atomic mass is 10.2. The summed E-state index contributed by atoms with van der Waals surface area (Å²) in [6, 6.07) is 6.47. The molecular weight excluding hydrogens is 294 g/mol. The zero-order valence-corrected chi connectivity index (χ0v) is 12.8. The van der Waals surface area contributed by atoms with E-state index in [0.29, 0.717) is 12.6 Å². The molecule has 4 heteroatoms. The molecule has 0 bridgehead atoms. The van der Waals surface area contributed by atoms with Crippen molar-refractivity contribution in [1.82, 2.24) is 5.32 Å². The van der Waals surface area contributed by atoms with E-state index >= 15 is 0 Å². The number of nitrogens with one attached hydrogen (secondary N) is 1. The summed E-state index contributed by atoms with van der Waals surface area (Å²) in [5, 5.41) is 12.4. The summed E-state index contributed by atoms with van der Waals surface area (Å²) in [4.78, 5) is 0. The van der Waals surface area contributed by atoms with E-state index in [4.69, 9.17) is 9.84 Å². The molecule has 1 aromatic carbocycles. The van der Waals surface area contributed by atoms with Crippen molar-refractivity contribution in [2.75, 3.05) is 13.2 Å². The summed E-state index contributed by atoms with van der Waals surface area (Å²) in [5.41, 5.74) is 1.13. The maximum absolute atomic E-state index is 9.02. The number of aliphatic hydroxyl groups is 1. The highest BCUT2D eigenvalue weighted by Crippen LogP contribution is 2.29. The Morgan fingerprint density at radius 2 is 2.06 bits per heavy atom. The van der Waals surface area contributed by atoms with Crippen molar-refractivity contribution in [3.05, 3.63) is 28.2 Å². The normalized spacial score (nSPS) is 12.8. The van der Waals surface area contributed by atoms with Gasteiger partial charge in [-0.25, -0.2) is 0 Å². The minimum atomic E-state index is 0.142. The molecule has 2 N–H and O–H groups in total. The smallest absolute Gasteiger partial charge is 0.137 e. The maximum atomic E-state index is 9.02. The molecule has 0 amide bonds. The van der Waals surface area contributed by atoms with Gasteiger partial charge in [-0.15, -0.1) is 0 Å². The summed E-state index contributed by atoms with van der Waals surface area (Å²) in [6.45, 7) is 7.64. The van der Waals surface area contributed by atoms with E-state index in [-0.39, 0.29) is 12.5 Å². The number of benzene rings is 1. The third-order valence-electron chi connectivity index (χ3n) is 2.57. The van der Waals surface area contributed by atoms with E-state index in [9.17, 15) is 0 Å². The maximum Gasteiger partial charge on any atom is 0.137 e. The van der Waals surface area contributed by atoms with Crippen molar-refractivity contribution < 1.29 is 9.84 Å². The van der Waals surface area contributed by atoms with Crippen LogP contribution in [0.1, 0.15) is 26.3 Å². The Hall–Kier alpha value is -0.580. The van der Waals surface area contributed by atoms with Crippen LogP contribution >= 0.6 is 15.9 Å². The fourth-order valence-electron chi connectivity index (χ4n) is 1.45. The molecule has 1 atom stereocenters. The Kier molecular flexibility index (Phi) is 6.68. The Morgan fingerprint density at radius 1 is 1.33 bits per heavy atom. The number of aliphatic hydroxyl groups excluding tert-OH is 1. The molecule has 0 saturated heterocycles. The Morgan fingerprint density at radius 3 is 2.67 bits per heavy atom. The molecule has 102 valence electrons. The van der Waals surface area contributed by atoms with Gasteiger partial charge in [-0.05, 0) is 22.0 Å². The highest BCUT2D eigenvalue weighted by atomic mass is 79.9. The second kappa shape index (κ2) is 7.77. The van der Waals surface area contributed by atoms with Crippen LogP contribution in [-0.2, 0) is 6.54 Å². The zero-order valence-electron chi connectivity index (χ0n) is 11.2. The lowest BCUT2D eigenvalue weighted by molar-refractivity contribution is 0.173. The molecule has 18 heavy (non-hydrogen) atoms. The molecule has 0 aromatic heterocycles. The first-order valence-corrected chi connectivity index (χ1v) is 7.08. The van der Waals surface area contributed by atoms with Gasteiger partial charge in [0.2, 0.25) is 0 Å². The lowest BCUT2D eigenvalue weighted by Crippen LogP contribution is -2.22. The first kappa shape index (κ1) is 15.5. The van der Waals surface area contributed by atoms with Gasteiger partial charge in [-0.3, -0.25) is 0 Å². The average molecular weight is 316 g/mol. The van der Waals surface area contributed by atoms with Gasteiger partial charge in [-0.2, -0.15) is 0 Å². The van der Waals surface area contributed by atoms with Crippen LogP contribution in [0.2, 0.25) is 0 Å². The first-order valence-electron chi connectivity index (χ1n) is 6.29. The zero-order chi connectivity index (χ0) is 13.5. The molecule has 0 spiro atoms. The Balaban J connectivity index is 2.73. The van der Waals surface area contributed by atoms with Gasteiger partial charge < -0.3 is 15.2 Å². The molecule has 3 nitrogen and oxygen atoms in total. The third kappa shape index (κ3) is 4.96. The van der Waals surface area contributed by atoms with Crippen molar-refractivity contribution in [3.63, 3.8) is 0 Å². The summed E-state index contributed by atoms with van der Waals surface area (Å²) in [6.07, 6.45) is 0. The van der Waals surface area contributed by atoms with Crippen molar-refractivity contribution in [1.29, 1.82) is 0 Å². The average Bonchev–Trinajstić information content (AvgIpc) is 2.34. The number of hydrogen-bond donors (Lipinski definition) is 2. The van der Waals surface area contributed by atoms with Crippen LogP contribution in [0.5, 0.6) is 5.75 Å². The van der Waals surface area contributed by atoms with E-state index in [1.807, 2.05) is 19.1 Å². The molecule has 1 unspecified atom stereocenters. The molecule has 0 aliphatic rings. The number of rotatable bonds is 7. The molecule has 0 aliphatic heterocycles. The van der Waals surface area contributed by atoms with Crippen LogP contribution in [0, 0.1) is 5.92 Å². The van der Waals surface area contributed by atoms with Crippen LogP contribution in [0.15, 0.2) is 22.7 Å². The summed E-state index contributed by atoms with van der Waals surface area (Å²) in [7, 11) is 0. The van der Waals surface area contributed by atoms with Crippen molar-refractivity contribution in [2.45, 2.75) is 33.4 Å². The van der Waals surface area contributed by atoms with Gasteiger partial charge in [0.1, 0.15) is 5.75 Å². The SMILES string of the molecule is CC(CO)COc1c(Br)cccc1CNC(C)C. The van der Waals surface area contributed by atoms with E-state index in [0.717, 1.165) is 22.3 Å². The first-order chi connectivity index (χ1) is 8.54. The quantitative estimate of drug-likeness (QED) is 0.813. The Bertz CT molecular complexity index is 369. The van der Waals surface area contributed by atoms with Crippen molar-refractivity contribution in [3.8, 4) is 5.75 Å². The second-order valence-corrected chi connectivity index (χ2v) is 5.72.